The third kappa shape index (κ3) is 3.71. The van der Waals surface area contributed by atoms with Crippen LogP contribution in [0.25, 0.3) is 11.0 Å². The normalized spacial score (nSPS) is 21.4. The van der Waals surface area contributed by atoms with Crippen molar-refractivity contribution >= 4 is 22.8 Å². The van der Waals surface area contributed by atoms with Crippen LogP contribution in [-0.2, 0) is 14.3 Å². The molecule has 0 aliphatic carbocycles. The molecule has 4 rings (SSSR count). The summed E-state index contributed by atoms with van der Waals surface area (Å²) in [5, 5.41) is 12.0. The molecule has 2 saturated heterocycles. The number of likely N-dealkylation sites (tertiary alicyclic amines) is 1. The van der Waals surface area contributed by atoms with Crippen LogP contribution in [0.5, 0.6) is 0 Å². The summed E-state index contributed by atoms with van der Waals surface area (Å²) in [5.74, 6) is 1.12. The molecule has 1 amide bonds. The summed E-state index contributed by atoms with van der Waals surface area (Å²) < 4.78 is 10.8. The lowest BCUT2D eigenvalue weighted by atomic mass is 10.0. The van der Waals surface area contributed by atoms with E-state index in [0.717, 1.165) is 61.6 Å². The van der Waals surface area contributed by atoms with Crippen LogP contribution in [0, 0.1) is 0 Å². The second kappa shape index (κ2) is 7.67. The molecule has 2 fully saturated rings. The molecule has 2 aliphatic heterocycles. The molecule has 8 nitrogen and oxygen atoms in total. The van der Waals surface area contributed by atoms with Gasteiger partial charge in [-0.1, -0.05) is 0 Å². The molecule has 0 unspecified atom stereocenters. The zero-order chi connectivity index (χ0) is 19.7. The van der Waals surface area contributed by atoms with Crippen molar-refractivity contribution in [1.82, 2.24) is 20.1 Å². The monoisotopic (exact) mass is 387 g/mol. The molecule has 0 spiro atoms. The maximum Gasteiger partial charge on any atom is 0.254 e. The number of hydrogen-bond acceptors (Lipinski definition) is 6. The second-order valence-corrected chi connectivity index (χ2v) is 8.19. The van der Waals surface area contributed by atoms with Gasteiger partial charge in [0.2, 0.25) is 0 Å². The number of nitrogens with zero attached hydrogens (tertiary/aromatic N) is 3. The average Bonchev–Trinajstić information content (AvgIpc) is 3.35. The molecule has 0 radical (unpaired) electrons. The highest BCUT2D eigenvalue weighted by Gasteiger charge is 2.36. The molecule has 0 bridgehead atoms. The molecular formula is C20H29N5O3. The Bertz CT molecular complexity index is 843. The van der Waals surface area contributed by atoms with Gasteiger partial charge in [0, 0.05) is 51.1 Å². The summed E-state index contributed by atoms with van der Waals surface area (Å²) in [6.07, 6.45) is 2.89. The average molecular weight is 387 g/mol. The molecule has 2 aliphatic rings. The summed E-state index contributed by atoms with van der Waals surface area (Å²) >= 11 is 0. The molecule has 0 saturated carbocycles. The highest BCUT2D eigenvalue weighted by Crippen LogP contribution is 2.30. The molecule has 1 atom stereocenters. The van der Waals surface area contributed by atoms with E-state index < -0.39 is 5.60 Å². The van der Waals surface area contributed by atoms with Crippen LogP contribution in [0.15, 0.2) is 12.1 Å². The van der Waals surface area contributed by atoms with Crippen LogP contribution in [0.2, 0.25) is 0 Å². The van der Waals surface area contributed by atoms with Gasteiger partial charge in [0.25, 0.3) is 5.91 Å². The number of aromatic nitrogens is 3. The molecule has 0 aromatic carbocycles. The number of carbonyl (C=O) groups is 1. The maximum absolute atomic E-state index is 12.6. The maximum atomic E-state index is 12.6. The molecule has 2 aromatic heterocycles. The lowest BCUT2D eigenvalue weighted by Gasteiger charge is -2.27. The number of nitrogens with one attached hydrogen (secondary N) is 2. The lowest BCUT2D eigenvalue weighted by molar-refractivity contribution is -0.149. The number of hydrogen-bond donors (Lipinski definition) is 2. The van der Waals surface area contributed by atoms with Gasteiger partial charge >= 0.3 is 0 Å². The highest BCUT2D eigenvalue weighted by molar-refractivity contribution is 5.87. The van der Waals surface area contributed by atoms with E-state index in [4.69, 9.17) is 14.5 Å². The van der Waals surface area contributed by atoms with Crippen LogP contribution >= 0.6 is 0 Å². The van der Waals surface area contributed by atoms with Crippen LogP contribution in [0.4, 0.5) is 5.82 Å². The molecule has 2 aromatic rings. The van der Waals surface area contributed by atoms with E-state index in [2.05, 4.69) is 27.6 Å². The number of pyridine rings is 1. The number of fused-ring (bicyclic) bond motifs is 1. The quantitative estimate of drug-likeness (QED) is 0.818. The number of ether oxygens (including phenoxy) is 2. The molecule has 28 heavy (non-hydrogen) atoms. The summed E-state index contributed by atoms with van der Waals surface area (Å²) in [6, 6.07) is 4.53. The van der Waals surface area contributed by atoms with E-state index in [9.17, 15) is 4.79 Å². The first-order valence-electron chi connectivity index (χ1n) is 10.0. The minimum absolute atomic E-state index is 0.0306. The van der Waals surface area contributed by atoms with E-state index in [1.807, 2.05) is 18.7 Å². The number of aromatic amines is 1. The van der Waals surface area contributed by atoms with Crippen molar-refractivity contribution < 1.29 is 14.3 Å². The van der Waals surface area contributed by atoms with Crippen molar-refractivity contribution in [2.45, 2.75) is 50.7 Å². The van der Waals surface area contributed by atoms with Crippen molar-refractivity contribution in [2.24, 2.45) is 0 Å². The predicted octanol–water partition coefficient (Wildman–Crippen LogP) is 2.29. The smallest absolute Gasteiger partial charge is 0.254 e. The Labute approximate surface area is 165 Å². The Kier molecular flexibility index (Phi) is 5.25. The van der Waals surface area contributed by atoms with Gasteiger partial charge in [-0.15, -0.1) is 0 Å². The van der Waals surface area contributed by atoms with Crippen molar-refractivity contribution in [2.75, 3.05) is 38.7 Å². The third-order valence-electron chi connectivity index (χ3n) is 5.93. The number of methoxy groups -OCH3 is 1. The lowest BCUT2D eigenvalue weighted by Crippen LogP contribution is -2.45. The Morgan fingerprint density at radius 1 is 1.32 bits per heavy atom. The predicted molar refractivity (Wildman–Crippen MR) is 106 cm³/mol. The van der Waals surface area contributed by atoms with Crippen LogP contribution < -0.4 is 5.32 Å². The minimum atomic E-state index is -0.791. The van der Waals surface area contributed by atoms with Gasteiger partial charge in [-0.3, -0.25) is 9.89 Å². The van der Waals surface area contributed by atoms with Gasteiger partial charge in [-0.2, -0.15) is 5.10 Å². The van der Waals surface area contributed by atoms with Crippen molar-refractivity contribution in [1.29, 1.82) is 0 Å². The zero-order valence-corrected chi connectivity index (χ0v) is 16.8. The first-order valence-corrected chi connectivity index (χ1v) is 10.0. The van der Waals surface area contributed by atoms with Gasteiger partial charge in [0.05, 0.1) is 5.39 Å². The molecule has 4 heterocycles. The SMILES string of the molecule is COC(C)(C)C(=O)N1CC[C@@H](c2ccc3c(NC4CCOCC4)n[nH]c3n2)C1. The van der Waals surface area contributed by atoms with Crippen molar-refractivity contribution in [3.63, 3.8) is 0 Å². The fraction of sp³-hybridized carbons (Fsp3) is 0.650. The summed E-state index contributed by atoms with van der Waals surface area (Å²) in [4.78, 5) is 19.3. The van der Waals surface area contributed by atoms with Gasteiger partial charge in [0.15, 0.2) is 11.5 Å². The Hall–Kier alpha value is -2.19. The van der Waals surface area contributed by atoms with E-state index in [1.165, 1.54) is 0 Å². The Balaban J connectivity index is 1.46. The van der Waals surface area contributed by atoms with Gasteiger partial charge < -0.3 is 19.7 Å². The second-order valence-electron chi connectivity index (χ2n) is 8.19. The minimum Gasteiger partial charge on any atom is -0.381 e. The number of H-pyrrole nitrogens is 1. The first kappa shape index (κ1) is 19.1. The number of anilines is 1. The Morgan fingerprint density at radius 2 is 2.11 bits per heavy atom. The van der Waals surface area contributed by atoms with Crippen LogP contribution in [-0.4, -0.2) is 71.0 Å². The van der Waals surface area contributed by atoms with Crippen LogP contribution in [0.1, 0.15) is 44.7 Å². The summed E-state index contributed by atoms with van der Waals surface area (Å²) in [6.45, 7) is 6.61. The molecule has 2 N–H and O–H groups in total. The zero-order valence-electron chi connectivity index (χ0n) is 16.8. The Morgan fingerprint density at radius 3 is 2.86 bits per heavy atom. The third-order valence-corrected chi connectivity index (χ3v) is 5.93. The topological polar surface area (TPSA) is 92.4 Å². The van der Waals surface area contributed by atoms with E-state index >= 15 is 0 Å². The summed E-state index contributed by atoms with van der Waals surface area (Å²) in [7, 11) is 1.57. The van der Waals surface area contributed by atoms with Crippen molar-refractivity contribution in [3.8, 4) is 0 Å². The van der Waals surface area contributed by atoms with Crippen molar-refractivity contribution in [3.05, 3.63) is 17.8 Å². The largest absolute Gasteiger partial charge is 0.381 e. The number of rotatable bonds is 5. The molecule has 8 heteroatoms. The number of amides is 1. The van der Waals surface area contributed by atoms with Gasteiger partial charge in [-0.25, -0.2) is 4.98 Å². The number of carbonyl (C=O) groups excluding carboxylic acids is 1. The van der Waals surface area contributed by atoms with E-state index in [1.54, 1.807) is 7.11 Å². The van der Waals surface area contributed by atoms with Gasteiger partial charge in [-0.05, 0) is 45.2 Å². The highest BCUT2D eigenvalue weighted by atomic mass is 16.5. The molecular weight excluding hydrogens is 358 g/mol. The fourth-order valence-electron chi connectivity index (χ4n) is 3.95. The van der Waals surface area contributed by atoms with Crippen LogP contribution in [0.3, 0.4) is 0 Å². The fourth-order valence-corrected chi connectivity index (χ4v) is 3.95. The standard InChI is InChI=1S/C20H29N5O3/c1-20(2,27-3)19(26)25-9-6-13(12-25)16-5-4-15-17(23-24-18(15)22-16)21-14-7-10-28-11-8-14/h4-5,13-14H,6-12H2,1-3H3,(H2,21,22,23,24)/t13-/m1/s1. The van der Waals surface area contributed by atoms with E-state index in [0.29, 0.717) is 12.6 Å². The van der Waals surface area contributed by atoms with Gasteiger partial charge in [0.1, 0.15) is 5.60 Å². The summed E-state index contributed by atoms with van der Waals surface area (Å²) in [5.41, 5.74) is 0.994. The molecule has 152 valence electrons. The first-order chi connectivity index (χ1) is 13.5. The van der Waals surface area contributed by atoms with E-state index in [-0.39, 0.29) is 11.8 Å².